The molecule has 6 nitrogen and oxygen atoms in total. The van der Waals surface area contributed by atoms with E-state index < -0.39 is 12.1 Å². The highest BCUT2D eigenvalue weighted by Crippen LogP contribution is 2.42. The Kier molecular flexibility index (Phi) is 5.26. The predicted octanol–water partition coefficient (Wildman–Crippen LogP) is 3.52. The topological polar surface area (TPSA) is 97.4 Å². The van der Waals surface area contributed by atoms with Gasteiger partial charge in [-0.2, -0.15) is 0 Å². The van der Waals surface area contributed by atoms with Crippen LogP contribution in [0.5, 0.6) is 0 Å². The van der Waals surface area contributed by atoms with E-state index >= 15 is 0 Å². The fourth-order valence-electron chi connectivity index (χ4n) is 3.86. The van der Waals surface area contributed by atoms with Crippen LogP contribution < -0.4 is 16.4 Å². The van der Waals surface area contributed by atoms with Crippen LogP contribution in [0.2, 0.25) is 0 Å². The molecule has 1 aromatic carbocycles. The fourth-order valence-corrected chi connectivity index (χ4v) is 3.86. The molecule has 0 saturated heterocycles. The summed E-state index contributed by atoms with van der Waals surface area (Å²) >= 11 is 0. The third-order valence-electron chi connectivity index (χ3n) is 4.98. The van der Waals surface area contributed by atoms with Gasteiger partial charge in [-0.3, -0.25) is 4.79 Å². The molecule has 1 aliphatic rings. The minimum absolute atomic E-state index is 0.0412. The van der Waals surface area contributed by atoms with Crippen LogP contribution >= 0.6 is 0 Å². The molecule has 0 radical (unpaired) electrons. The number of hydrogen-bond acceptors (Lipinski definition) is 3. The third kappa shape index (κ3) is 4.70. The maximum atomic E-state index is 12.8. The Hall–Kier alpha value is -2.76. The summed E-state index contributed by atoms with van der Waals surface area (Å²) in [5, 5.41) is 5.79. The summed E-state index contributed by atoms with van der Waals surface area (Å²) in [6, 6.07) is 10.2. The van der Waals surface area contributed by atoms with Crippen molar-refractivity contribution >= 4 is 11.9 Å². The predicted molar refractivity (Wildman–Crippen MR) is 103 cm³/mol. The molecule has 1 aromatic heterocycles. The molecular weight excluding hydrogens is 342 g/mol. The lowest BCUT2D eigenvalue weighted by atomic mass is 9.74. The third-order valence-corrected chi connectivity index (χ3v) is 4.98. The number of nitrogens with one attached hydrogen (secondary N) is 2. The highest BCUT2D eigenvalue weighted by Gasteiger charge is 2.35. The number of nitrogens with two attached hydrogens (primary N) is 1. The van der Waals surface area contributed by atoms with Gasteiger partial charge in [0.1, 0.15) is 11.5 Å². The standard InChI is InChI=1S/C21H27N3O3/c1-13-9-15-17(11-21(2,3)12-18(15)27-13)23-19(25)10-16(24-20(22)26)14-7-5-4-6-8-14/h4-9,16-17H,10-12H2,1-3H3,(H,23,25)(H3,22,24,26)/t16-,17+/m0/s1. The monoisotopic (exact) mass is 369 g/mol. The highest BCUT2D eigenvalue weighted by atomic mass is 16.3. The molecule has 1 heterocycles. The number of benzene rings is 1. The molecule has 3 amide bonds. The van der Waals surface area contributed by atoms with E-state index in [1.807, 2.05) is 43.3 Å². The Morgan fingerprint density at radius 1 is 1.30 bits per heavy atom. The van der Waals surface area contributed by atoms with Crippen LogP contribution in [0.1, 0.15) is 61.4 Å². The van der Waals surface area contributed by atoms with Crippen LogP contribution in [0.4, 0.5) is 4.79 Å². The summed E-state index contributed by atoms with van der Waals surface area (Å²) in [6.45, 7) is 6.27. The van der Waals surface area contributed by atoms with Crippen molar-refractivity contribution in [1.29, 1.82) is 0 Å². The SMILES string of the molecule is Cc1cc2c(o1)CC(C)(C)C[C@H]2NC(=O)C[C@H](NC(N)=O)c1ccccc1. The van der Waals surface area contributed by atoms with E-state index in [2.05, 4.69) is 24.5 Å². The Bertz CT molecular complexity index is 826. The van der Waals surface area contributed by atoms with Crippen molar-refractivity contribution in [3.63, 3.8) is 0 Å². The van der Waals surface area contributed by atoms with E-state index in [4.69, 9.17) is 10.2 Å². The molecule has 0 bridgehead atoms. The quantitative estimate of drug-likeness (QED) is 0.752. The first-order valence-electron chi connectivity index (χ1n) is 9.23. The van der Waals surface area contributed by atoms with E-state index in [1.54, 1.807) is 0 Å². The van der Waals surface area contributed by atoms with Gasteiger partial charge in [-0.15, -0.1) is 0 Å². The molecule has 0 aliphatic heterocycles. The van der Waals surface area contributed by atoms with Crippen LogP contribution in [-0.2, 0) is 11.2 Å². The van der Waals surface area contributed by atoms with Gasteiger partial charge in [0.25, 0.3) is 0 Å². The van der Waals surface area contributed by atoms with E-state index in [-0.39, 0.29) is 23.8 Å². The number of rotatable bonds is 5. The summed E-state index contributed by atoms with van der Waals surface area (Å²) in [4.78, 5) is 24.1. The molecule has 2 aromatic rings. The number of amides is 3. The Balaban J connectivity index is 1.75. The number of carbonyl (C=O) groups excluding carboxylic acids is 2. The molecule has 4 N–H and O–H groups in total. The van der Waals surface area contributed by atoms with Crippen LogP contribution in [0.15, 0.2) is 40.8 Å². The average Bonchev–Trinajstić information content (AvgIpc) is 2.93. The number of furan rings is 1. The number of fused-ring (bicyclic) bond motifs is 1. The van der Waals surface area contributed by atoms with Crippen molar-refractivity contribution in [3.8, 4) is 0 Å². The smallest absolute Gasteiger partial charge is 0.312 e. The molecule has 2 atom stereocenters. The van der Waals surface area contributed by atoms with Gasteiger partial charge in [0.15, 0.2) is 0 Å². The zero-order valence-corrected chi connectivity index (χ0v) is 16.0. The molecule has 0 fully saturated rings. The summed E-state index contributed by atoms with van der Waals surface area (Å²) in [6.07, 6.45) is 1.82. The summed E-state index contributed by atoms with van der Waals surface area (Å²) in [7, 11) is 0. The molecule has 144 valence electrons. The zero-order chi connectivity index (χ0) is 19.6. The van der Waals surface area contributed by atoms with Crippen molar-refractivity contribution in [2.75, 3.05) is 0 Å². The lowest BCUT2D eigenvalue weighted by molar-refractivity contribution is -0.122. The van der Waals surface area contributed by atoms with Gasteiger partial charge in [-0.05, 0) is 30.4 Å². The Morgan fingerprint density at radius 2 is 2.00 bits per heavy atom. The van der Waals surface area contributed by atoms with Crippen LogP contribution in [-0.4, -0.2) is 11.9 Å². The second kappa shape index (κ2) is 7.47. The summed E-state index contributed by atoms with van der Waals surface area (Å²) < 4.78 is 5.83. The normalized spacial score (nSPS) is 19.0. The molecule has 0 saturated carbocycles. The lowest BCUT2D eigenvalue weighted by Gasteiger charge is -2.35. The van der Waals surface area contributed by atoms with Crippen molar-refractivity contribution in [1.82, 2.24) is 10.6 Å². The van der Waals surface area contributed by atoms with E-state index in [0.717, 1.165) is 35.5 Å². The van der Waals surface area contributed by atoms with Crippen molar-refractivity contribution in [2.45, 2.75) is 52.1 Å². The Labute approximate surface area is 159 Å². The van der Waals surface area contributed by atoms with Gasteiger partial charge in [-0.1, -0.05) is 44.2 Å². The number of urea groups is 1. The largest absolute Gasteiger partial charge is 0.466 e. The number of hydrogen-bond donors (Lipinski definition) is 3. The van der Waals surface area contributed by atoms with Gasteiger partial charge < -0.3 is 20.8 Å². The maximum absolute atomic E-state index is 12.8. The second-order valence-electron chi connectivity index (χ2n) is 8.08. The minimum atomic E-state index is -0.650. The maximum Gasteiger partial charge on any atom is 0.312 e. The van der Waals surface area contributed by atoms with Gasteiger partial charge in [0.2, 0.25) is 5.91 Å². The molecular formula is C21H27N3O3. The van der Waals surface area contributed by atoms with Crippen molar-refractivity contribution in [2.24, 2.45) is 11.1 Å². The van der Waals surface area contributed by atoms with Crippen LogP contribution in [0.3, 0.4) is 0 Å². The summed E-state index contributed by atoms with van der Waals surface area (Å²) in [5.74, 6) is 1.67. The van der Waals surface area contributed by atoms with Gasteiger partial charge in [0, 0.05) is 12.0 Å². The number of primary amides is 1. The second-order valence-corrected chi connectivity index (χ2v) is 8.08. The van der Waals surface area contributed by atoms with Crippen LogP contribution in [0, 0.1) is 12.3 Å². The van der Waals surface area contributed by atoms with Crippen LogP contribution in [0.25, 0.3) is 0 Å². The van der Waals surface area contributed by atoms with Gasteiger partial charge >= 0.3 is 6.03 Å². The van der Waals surface area contributed by atoms with E-state index in [0.29, 0.717) is 0 Å². The Morgan fingerprint density at radius 3 is 2.67 bits per heavy atom. The molecule has 3 rings (SSSR count). The van der Waals surface area contributed by atoms with Gasteiger partial charge in [-0.25, -0.2) is 4.79 Å². The molecule has 27 heavy (non-hydrogen) atoms. The first-order valence-corrected chi connectivity index (χ1v) is 9.23. The van der Waals surface area contributed by atoms with Crippen molar-refractivity contribution in [3.05, 3.63) is 59.0 Å². The van der Waals surface area contributed by atoms with E-state index in [9.17, 15) is 9.59 Å². The zero-order valence-electron chi connectivity index (χ0n) is 16.0. The number of aryl methyl sites for hydroxylation is 1. The van der Waals surface area contributed by atoms with Gasteiger partial charge in [0.05, 0.1) is 18.5 Å². The first-order chi connectivity index (χ1) is 12.7. The highest BCUT2D eigenvalue weighted by molar-refractivity contribution is 5.79. The molecule has 0 spiro atoms. The average molecular weight is 369 g/mol. The van der Waals surface area contributed by atoms with E-state index in [1.165, 1.54) is 0 Å². The molecule has 6 heteroatoms. The number of carbonyl (C=O) groups is 2. The first kappa shape index (κ1) is 19.0. The fraction of sp³-hybridized carbons (Fsp3) is 0.429. The van der Waals surface area contributed by atoms with Crippen molar-refractivity contribution < 1.29 is 14.0 Å². The molecule has 0 unspecified atom stereocenters. The molecule has 1 aliphatic carbocycles. The summed E-state index contributed by atoms with van der Waals surface area (Å²) in [5.41, 5.74) is 7.24. The lowest BCUT2D eigenvalue weighted by Crippen LogP contribution is -2.39. The minimum Gasteiger partial charge on any atom is -0.466 e.